The van der Waals surface area contributed by atoms with Gasteiger partial charge in [0, 0.05) is 29.1 Å². The number of fused-ring (bicyclic) bond motifs is 1. The molecule has 0 aliphatic carbocycles. The van der Waals surface area contributed by atoms with Crippen molar-refractivity contribution in [3.63, 3.8) is 0 Å². The van der Waals surface area contributed by atoms with Gasteiger partial charge in [-0.3, -0.25) is 4.79 Å². The summed E-state index contributed by atoms with van der Waals surface area (Å²) in [4.78, 5) is 16.2. The number of methoxy groups -OCH3 is 2. The number of anilines is 1. The Morgan fingerprint density at radius 3 is 2.52 bits per heavy atom. The van der Waals surface area contributed by atoms with Crippen molar-refractivity contribution in [3.05, 3.63) is 78.1 Å². The monoisotopic (exact) mass is 418 g/mol. The highest BCUT2D eigenvalue weighted by molar-refractivity contribution is 5.95. The minimum atomic E-state index is -0.284. The third-order valence-corrected chi connectivity index (χ3v) is 5.23. The first-order valence-electron chi connectivity index (χ1n) is 9.96. The van der Waals surface area contributed by atoms with Crippen LogP contribution < -0.4 is 14.8 Å². The maximum atomic E-state index is 13.4. The molecule has 1 amide bonds. The van der Waals surface area contributed by atoms with Gasteiger partial charge in [0.2, 0.25) is 5.91 Å². The maximum absolute atomic E-state index is 13.4. The van der Waals surface area contributed by atoms with Crippen LogP contribution in [-0.4, -0.2) is 25.1 Å². The van der Waals surface area contributed by atoms with E-state index in [1.54, 1.807) is 44.6 Å². The fourth-order valence-corrected chi connectivity index (χ4v) is 3.69. The summed E-state index contributed by atoms with van der Waals surface area (Å²) in [5.41, 5.74) is 4.33. The van der Waals surface area contributed by atoms with Crippen LogP contribution in [0.25, 0.3) is 22.2 Å². The summed E-state index contributed by atoms with van der Waals surface area (Å²) in [7, 11) is 3.12. The number of aryl methyl sites for hydroxylation is 1. The Labute approximate surface area is 179 Å². The summed E-state index contributed by atoms with van der Waals surface area (Å²) in [6.07, 6.45) is 0.797. The van der Waals surface area contributed by atoms with Crippen molar-refractivity contribution in [2.24, 2.45) is 0 Å². The van der Waals surface area contributed by atoms with Crippen LogP contribution in [0.2, 0.25) is 0 Å². The van der Waals surface area contributed by atoms with Crippen molar-refractivity contribution in [2.75, 3.05) is 19.5 Å². The molecule has 6 heteroatoms. The summed E-state index contributed by atoms with van der Waals surface area (Å²) in [6, 6.07) is 19.6. The molecule has 0 unspecified atom stereocenters. The summed E-state index contributed by atoms with van der Waals surface area (Å²) >= 11 is 0. The van der Waals surface area contributed by atoms with E-state index in [0.717, 1.165) is 27.7 Å². The zero-order valence-electron chi connectivity index (χ0n) is 17.4. The van der Waals surface area contributed by atoms with E-state index in [0.29, 0.717) is 23.6 Å². The molecule has 0 fully saturated rings. The molecule has 4 rings (SSSR count). The van der Waals surface area contributed by atoms with Crippen molar-refractivity contribution < 1.29 is 18.7 Å². The average Bonchev–Trinajstić information content (AvgIpc) is 3.16. The number of benzene rings is 3. The Morgan fingerprint density at radius 2 is 1.77 bits per heavy atom. The molecular formula is C25H23FN2O3. The van der Waals surface area contributed by atoms with Crippen LogP contribution in [-0.2, 0) is 11.2 Å². The number of halogens is 1. The van der Waals surface area contributed by atoms with E-state index >= 15 is 0 Å². The van der Waals surface area contributed by atoms with E-state index in [1.165, 1.54) is 12.1 Å². The largest absolute Gasteiger partial charge is 0.497 e. The lowest BCUT2D eigenvalue weighted by Gasteiger charge is -2.12. The SMILES string of the molecule is COc1ccc(OC)c(NC(=O)CCc2c(-c3ccc(F)cc3)[nH]c3ccccc23)c1. The number of aromatic nitrogens is 1. The van der Waals surface area contributed by atoms with Crippen LogP contribution in [0.15, 0.2) is 66.7 Å². The first-order valence-corrected chi connectivity index (χ1v) is 9.96. The number of hydrogen-bond donors (Lipinski definition) is 2. The molecule has 31 heavy (non-hydrogen) atoms. The van der Waals surface area contributed by atoms with E-state index in [4.69, 9.17) is 9.47 Å². The second kappa shape index (κ2) is 8.92. The van der Waals surface area contributed by atoms with E-state index in [9.17, 15) is 9.18 Å². The van der Waals surface area contributed by atoms with Gasteiger partial charge in [0.15, 0.2) is 0 Å². The number of aromatic amines is 1. The molecule has 0 radical (unpaired) electrons. The number of rotatable bonds is 7. The molecule has 4 aromatic rings. The van der Waals surface area contributed by atoms with Crippen molar-refractivity contribution in [3.8, 4) is 22.8 Å². The average molecular weight is 418 g/mol. The third-order valence-electron chi connectivity index (χ3n) is 5.23. The van der Waals surface area contributed by atoms with Gasteiger partial charge in [-0.25, -0.2) is 4.39 Å². The highest BCUT2D eigenvalue weighted by Gasteiger charge is 2.16. The van der Waals surface area contributed by atoms with E-state index < -0.39 is 0 Å². The van der Waals surface area contributed by atoms with E-state index in [1.807, 2.05) is 24.3 Å². The summed E-state index contributed by atoms with van der Waals surface area (Å²) in [6.45, 7) is 0. The highest BCUT2D eigenvalue weighted by Crippen LogP contribution is 2.32. The Morgan fingerprint density at radius 1 is 1.00 bits per heavy atom. The van der Waals surface area contributed by atoms with Gasteiger partial charge >= 0.3 is 0 Å². The Balaban J connectivity index is 1.58. The molecule has 3 aromatic carbocycles. The van der Waals surface area contributed by atoms with Gasteiger partial charge in [0.1, 0.15) is 17.3 Å². The predicted molar refractivity (Wildman–Crippen MR) is 120 cm³/mol. The molecule has 0 aliphatic heterocycles. The zero-order chi connectivity index (χ0) is 21.8. The number of ether oxygens (including phenoxy) is 2. The first kappa shape index (κ1) is 20.5. The number of amides is 1. The third kappa shape index (κ3) is 4.38. The molecule has 1 aromatic heterocycles. The number of para-hydroxylation sites is 1. The van der Waals surface area contributed by atoms with Crippen LogP contribution in [0.3, 0.4) is 0 Å². The second-order valence-corrected chi connectivity index (χ2v) is 7.15. The lowest BCUT2D eigenvalue weighted by Crippen LogP contribution is -2.13. The van der Waals surface area contributed by atoms with Gasteiger partial charge in [0.25, 0.3) is 0 Å². The Hall–Kier alpha value is -3.80. The summed E-state index contributed by atoms with van der Waals surface area (Å²) in [5, 5.41) is 3.96. The Kier molecular flexibility index (Phi) is 5.89. The fourth-order valence-electron chi connectivity index (χ4n) is 3.69. The second-order valence-electron chi connectivity index (χ2n) is 7.15. The molecule has 0 atom stereocenters. The van der Waals surface area contributed by atoms with Crippen LogP contribution >= 0.6 is 0 Å². The number of carbonyl (C=O) groups is 1. The number of nitrogens with one attached hydrogen (secondary N) is 2. The van der Waals surface area contributed by atoms with Crippen LogP contribution in [0.5, 0.6) is 11.5 Å². The molecule has 1 heterocycles. The van der Waals surface area contributed by atoms with Crippen molar-refractivity contribution >= 4 is 22.5 Å². The lowest BCUT2D eigenvalue weighted by atomic mass is 10.0. The quantitative estimate of drug-likeness (QED) is 0.413. The molecule has 158 valence electrons. The Bertz CT molecular complexity index is 1220. The van der Waals surface area contributed by atoms with E-state index in [2.05, 4.69) is 10.3 Å². The van der Waals surface area contributed by atoms with Gasteiger partial charge in [-0.05, 0) is 60.0 Å². The van der Waals surface area contributed by atoms with Crippen LogP contribution in [0.4, 0.5) is 10.1 Å². The highest BCUT2D eigenvalue weighted by atomic mass is 19.1. The van der Waals surface area contributed by atoms with Gasteiger partial charge in [-0.1, -0.05) is 18.2 Å². The molecule has 5 nitrogen and oxygen atoms in total. The molecule has 0 bridgehead atoms. The topological polar surface area (TPSA) is 63.4 Å². The smallest absolute Gasteiger partial charge is 0.224 e. The van der Waals surface area contributed by atoms with Crippen molar-refractivity contribution in [1.29, 1.82) is 0 Å². The molecule has 0 spiro atoms. The normalized spacial score (nSPS) is 10.8. The van der Waals surface area contributed by atoms with Gasteiger partial charge in [0.05, 0.1) is 19.9 Å². The van der Waals surface area contributed by atoms with Gasteiger partial charge in [-0.15, -0.1) is 0 Å². The maximum Gasteiger partial charge on any atom is 0.224 e. The fraction of sp³-hybridized carbons (Fsp3) is 0.160. The minimum Gasteiger partial charge on any atom is -0.497 e. The number of carbonyl (C=O) groups excluding carboxylic acids is 1. The van der Waals surface area contributed by atoms with Gasteiger partial charge < -0.3 is 19.8 Å². The predicted octanol–water partition coefficient (Wildman–Crippen LogP) is 5.56. The molecular weight excluding hydrogens is 395 g/mol. The number of H-pyrrole nitrogens is 1. The zero-order valence-corrected chi connectivity index (χ0v) is 17.4. The molecule has 0 saturated carbocycles. The summed E-state index contributed by atoms with van der Waals surface area (Å²) < 4.78 is 24.0. The minimum absolute atomic E-state index is 0.137. The van der Waals surface area contributed by atoms with E-state index in [-0.39, 0.29) is 18.1 Å². The number of hydrogen-bond acceptors (Lipinski definition) is 3. The molecule has 0 aliphatic rings. The van der Waals surface area contributed by atoms with Crippen LogP contribution in [0.1, 0.15) is 12.0 Å². The molecule has 2 N–H and O–H groups in total. The first-order chi connectivity index (χ1) is 15.1. The van der Waals surface area contributed by atoms with Gasteiger partial charge in [-0.2, -0.15) is 0 Å². The van der Waals surface area contributed by atoms with Crippen molar-refractivity contribution in [2.45, 2.75) is 12.8 Å². The standard InChI is InChI=1S/C25H23FN2O3/c1-30-18-11-13-23(31-2)22(15-18)27-24(29)14-12-20-19-5-3-4-6-21(19)28-25(20)16-7-9-17(26)10-8-16/h3-11,13,15,28H,12,14H2,1-2H3,(H,27,29). The molecule has 0 saturated heterocycles. The summed E-state index contributed by atoms with van der Waals surface area (Å²) in [5.74, 6) is 0.773. The van der Waals surface area contributed by atoms with Crippen molar-refractivity contribution in [1.82, 2.24) is 4.98 Å². The lowest BCUT2D eigenvalue weighted by molar-refractivity contribution is -0.116. The van der Waals surface area contributed by atoms with Crippen LogP contribution in [0, 0.1) is 5.82 Å².